The highest BCUT2D eigenvalue weighted by molar-refractivity contribution is 5.95. The average molecular weight is 298 g/mol. The summed E-state index contributed by atoms with van der Waals surface area (Å²) >= 11 is 0. The van der Waals surface area contributed by atoms with Crippen molar-refractivity contribution in [2.24, 2.45) is 0 Å². The summed E-state index contributed by atoms with van der Waals surface area (Å²) in [5, 5.41) is 0. The first-order valence-electron chi connectivity index (χ1n) is 6.17. The quantitative estimate of drug-likeness (QED) is 0.698. The minimum absolute atomic E-state index is 0.0247. The Bertz CT molecular complexity index is 645. The first-order chi connectivity index (χ1) is 9.82. The van der Waals surface area contributed by atoms with Crippen LogP contribution in [0.15, 0.2) is 36.5 Å². The van der Waals surface area contributed by atoms with Crippen LogP contribution in [0, 0.1) is 0 Å². The monoisotopic (exact) mass is 298 g/mol. The molecule has 0 amide bonds. The summed E-state index contributed by atoms with van der Waals surface area (Å²) in [6, 6.07) is 5.39. The van der Waals surface area contributed by atoms with E-state index >= 15 is 0 Å². The molecule has 0 atom stereocenters. The Morgan fingerprint density at radius 3 is 2.33 bits per heavy atom. The van der Waals surface area contributed by atoms with Crippen molar-refractivity contribution >= 4 is 11.8 Å². The normalized spacial score (nSPS) is 11.4. The third-order valence-corrected chi connectivity index (χ3v) is 2.96. The summed E-state index contributed by atoms with van der Waals surface area (Å²) in [5.41, 5.74) is 5.13. The number of nitrogens with two attached hydrogens (primary N) is 1. The van der Waals surface area contributed by atoms with Crippen LogP contribution in [-0.4, -0.2) is 10.5 Å². The van der Waals surface area contributed by atoms with Crippen molar-refractivity contribution in [2.45, 2.75) is 19.6 Å². The van der Waals surface area contributed by atoms with Gasteiger partial charge < -0.3 is 15.0 Å². The zero-order valence-electron chi connectivity index (χ0n) is 11.1. The van der Waals surface area contributed by atoms with Crippen LogP contribution in [0.4, 0.5) is 19.0 Å². The van der Waals surface area contributed by atoms with Crippen molar-refractivity contribution in [2.75, 3.05) is 5.73 Å². The van der Waals surface area contributed by atoms with Gasteiger partial charge in [0.1, 0.15) is 17.1 Å². The minimum atomic E-state index is -4.43. The van der Waals surface area contributed by atoms with E-state index in [0.29, 0.717) is 6.54 Å². The van der Waals surface area contributed by atoms with Gasteiger partial charge in [-0.25, -0.2) is 4.79 Å². The molecular weight excluding hydrogens is 285 g/mol. The molecule has 0 radical (unpaired) electrons. The number of rotatable bonds is 3. The second-order valence-electron chi connectivity index (χ2n) is 4.31. The number of carbonyl (C=O) groups excluding carboxylic acids is 1. The van der Waals surface area contributed by atoms with Gasteiger partial charge >= 0.3 is 12.1 Å². The lowest BCUT2D eigenvalue weighted by molar-refractivity contribution is -0.137. The SMILES string of the molecule is CCn1ccc(C(=O)Oc2ccc(C(F)(F)F)cc2)c1N. The van der Waals surface area contributed by atoms with Crippen LogP contribution in [-0.2, 0) is 12.7 Å². The third kappa shape index (κ3) is 3.18. The van der Waals surface area contributed by atoms with E-state index in [2.05, 4.69) is 0 Å². The molecule has 7 heteroatoms. The van der Waals surface area contributed by atoms with E-state index in [9.17, 15) is 18.0 Å². The summed E-state index contributed by atoms with van der Waals surface area (Å²) < 4.78 is 43.9. The Labute approximate surface area is 118 Å². The van der Waals surface area contributed by atoms with Crippen LogP contribution < -0.4 is 10.5 Å². The molecule has 0 aliphatic carbocycles. The molecule has 0 saturated carbocycles. The molecule has 2 aromatic rings. The number of hydrogen-bond acceptors (Lipinski definition) is 3. The molecule has 0 unspecified atom stereocenters. The summed E-state index contributed by atoms with van der Waals surface area (Å²) in [4.78, 5) is 11.9. The highest BCUT2D eigenvalue weighted by atomic mass is 19.4. The highest BCUT2D eigenvalue weighted by Crippen LogP contribution is 2.30. The molecule has 1 heterocycles. The van der Waals surface area contributed by atoms with Gasteiger partial charge in [-0.1, -0.05) is 0 Å². The van der Waals surface area contributed by atoms with Gasteiger partial charge in [-0.05, 0) is 37.3 Å². The fraction of sp³-hybridized carbons (Fsp3) is 0.214. The molecule has 4 nitrogen and oxygen atoms in total. The fourth-order valence-electron chi connectivity index (χ4n) is 1.81. The highest BCUT2D eigenvalue weighted by Gasteiger charge is 2.30. The maximum absolute atomic E-state index is 12.4. The number of aryl methyl sites for hydroxylation is 1. The molecule has 1 aromatic heterocycles. The second-order valence-corrected chi connectivity index (χ2v) is 4.31. The third-order valence-electron chi connectivity index (χ3n) is 2.96. The Balaban J connectivity index is 2.14. The van der Waals surface area contributed by atoms with Crippen molar-refractivity contribution in [3.63, 3.8) is 0 Å². The standard InChI is InChI=1S/C14H13F3N2O2/c1-2-19-8-7-11(12(19)18)13(20)21-10-5-3-9(4-6-10)14(15,16)17/h3-8H,2,18H2,1H3. The predicted molar refractivity (Wildman–Crippen MR) is 70.9 cm³/mol. The molecule has 21 heavy (non-hydrogen) atoms. The zero-order valence-corrected chi connectivity index (χ0v) is 11.1. The number of halogens is 3. The number of aromatic nitrogens is 1. The van der Waals surface area contributed by atoms with Crippen LogP contribution in [0.25, 0.3) is 0 Å². The van der Waals surface area contributed by atoms with E-state index in [4.69, 9.17) is 10.5 Å². The van der Waals surface area contributed by atoms with Gasteiger partial charge in [0.05, 0.1) is 5.56 Å². The van der Waals surface area contributed by atoms with Gasteiger partial charge in [-0.2, -0.15) is 13.2 Å². The number of nitrogens with zero attached hydrogens (tertiary/aromatic N) is 1. The second kappa shape index (κ2) is 5.51. The molecular formula is C14H13F3N2O2. The summed E-state index contributed by atoms with van der Waals surface area (Å²) in [6.07, 6.45) is -2.79. The first kappa shape index (κ1) is 15.0. The lowest BCUT2D eigenvalue weighted by atomic mass is 10.2. The van der Waals surface area contributed by atoms with Crippen molar-refractivity contribution in [3.8, 4) is 5.75 Å². The van der Waals surface area contributed by atoms with Gasteiger partial charge in [-0.15, -0.1) is 0 Å². The van der Waals surface area contributed by atoms with Gasteiger partial charge in [0.25, 0.3) is 0 Å². The van der Waals surface area contributed by atoms with Crippen LogP contribution >= 0.6 is 0 Å². The number of ether oxygens (including phenoxy) is 1. The van der Waals surface area contributed by atoms with Gasteiger partial charge in [0, 0.05) is 12.7 Å². The summed E-state index contributed by atoms with van der Waals surface area (Å²) in [7, 11) is 0. The summed E-state index contributed by atoms with van der Waals surface area (Å²) in [5.74, 6) is -0.425. The first-order valence-corrected chi connectivity index (χ1v) is 6.17. The number of anilines is 1. The minimum Gasteiger partial charge on any atom is -0.423 e. The van der Waals surface area contributed by atoms with Crippen LogP contribution in [0.2, 0.25) is 0 Å². The molecule has 1 aromatic carbocycles. The van der Waals surface area contributed by atoms with Gasteiger partial charge in [0.2, 0.25) is 0 Å². The lowest BCUT2D eigenvalue weighted by Gasteiger charge is -2.08. The van der Waals surface area contributed by atoms with Crippen molar-refractivity contribution in [3.05, 3.63) is 47.7 Å². The van der Waals surface area contributed by atoms with E-state index in [1.165, 1.54) is 6.07 Å². The van der Waals surface area contributed by atoms with Crippen LogP contribution in [0.3, 0.4) is 0 Å². The largest absolute Gasteiger partial charge is 0.423 e. The van der Waals surface area contributed by atoms with Gasteiger partial charge in [-0.3, -0.25) is 0 Å². The van der Waals surface area contributed by atoms with Crippen LogP contribution in [0.1, 0.15) is 22.8 Å². The predicted octanol–water partition coefficient (Wildman–Crippen LogP) is 3.33. The fourth-order valence-corrected chi connectivity index (χ4v) is 1.81. The number of benzene rings is 1. The van der Waals surface area contributed by atoms with E-state index < -0.39 is 17.7 Å². The Morgan fingerprint density at radius 1 is 1.24 bits per heavy atom. The maximum atomic E-state index is 12.4. The van der Waals surface area contributed by atoms with Crippen molar-refractivity contribution in [1.29, 1.82) is 0 Å². The van der Waals surface area contributed by atoms with E-state index in [0.717, 1.165) is 24.3 Å². The smallest absolute Gasteiger partial charge is 0.416 e. The number of alkyl halides is 3. The topological polar surface area (TPSA) is 57.2 Å². The molecule has 0 fully saturated rings. The van der Waals surface area contributed by atoms with Crippen molar-refractivity contribution in [1.82, 2.24) is 4.57 Å². The number of hydrogen-bond donors (Lipinski definition) is 1. The van der Waals surface area contributed by atoms with Gasteiger partial charge in [0.15, 0.2) is 0 Å². The molecule has 0 spiro atoms. The Morgan fingerprint density at radius 2 is 1.86 bits per heavy atom. The van der Waals surface area contributed by atoms with Crippen molar-refractivity contribution < 1.29 is 22.7 Å². The molecule has 0 aliphatic rings. The average Bonchev–Trinajstić information content (AvgIpc) is 2.79. The molecule has 2 N–H and O–H groups in total. The molecule has 112 valence electrons. The number of carbonyl (C=O) groups is 1. The van der Waals surface area contributed by atoms with E-state index in [1.54, 1.807) is 10.8 Å². The Hall–Kier alpha value is -2.44. The molecule has 0 bridgehead atoms. The van der Waals surface area contributed by atoms with E-state index in [-0.39, 0.29) is 17.1 Å². The maximum Gasteiger partial charge on any atom is 0.416 e. The molecule has 2 rings (SSSR count). The van der Waals surface area contributed by atoms with E-state index in [1.807, 2.05) is 6.92 Å². The van der Waals surface area contributed by atoms with Crippen LogP contribution in [0.5, 0.6) is 5.75 Å². The lowest BCUT2D eigenvalue weighted by Crippen LogP contribution is -2.12. The summed E-state index contributed by atoms with van der Waals surface area (Å²) in [6.45, 7) is 2.46. The Kier molecular flexibility index (Phi) is 3.93. The number of nitrogen functional groups attached to an aromatic ring is 1. The molecule has 0 saturated heterocycles. The number of esters is 1. The zero-order chi connectivity index (χ0) is 15.6. The molecule has 0 aliphatic heterocycles.